The second kappa shape index (κ2) is 10.9. The van der Waals surface area contributed by atoms with Crippen LogP contribution in [0.25, 0.3) is 0 Å². The Hall–Kier alpha value is 1.03. The molecular weight excluding hydrogens is 342 g/mol. The molecule has 0 aromatic carbocycles. The van der Waals surface area contributed by atoms with Gasteiger partial charge in [0.05, 0.1) is 0 Å². The van der Waals surface area contributed by atoms with Gasteiger partial charge in [-0.25, -0.2) is 0 Å². The number of quaternary nitrogens is 1. The van der Waals surface area contributed by atoms with Crippen molar-refractivity contribution in [2.75, 3.05) is 19.6 Å². The van der Waals surface area contributed by atoms with Crippen molar-refractivity contribution >= 4 is 24.1 Å². The molecule has 0 N–H and O–H groups in total. The molecule has 0 bridgehead atoms. The Morgan fingerprint density at radius 2 is 1.18 bits per heavy atom. The number of hydrogen-bond acceptors (Lipinski definition) is 0. The van der Waals surface area contributed by atoms with Gasteiger partial charge < -0.3 is 0 Å². The summed E-state index contributed by atoms with van der Waals surface area (Å²) in [6.45, 7) is 10.4. The first-order valence-corrected chi connectivity index (χ1v) is 12.3. The van der Waals surface area contributed by atoms with Gasteiger partial charge in [-0.2, -0.15) is 0 Å². The summed E-state index contributed by atoms with van der Waals surface area (Å²) >= 11 is -1.67. The summed E-state index contributed by atoms with van der Waals surface area (Å²) in [5.41, 5.74) is 0. The molecule has 0 rings (SSSR count). The quantitative estimate of drug-likeness (QED) is 0.379. The summed E-state index contributed by atoms with van der Waals surface area (Å²) in [7, 11) is 12.3. The summed E-state index contributed by atoms with van der Waals surface area (Å²) in [6.07, 6.45) is 7.59. The average Bonchev–Trinajstić information content (AvgIpc) is 2.30. The minimum atomic E-state index is -1.67. The van der Waals surface area contributed by atoms with Crippen LogP contribution in [0.1, 0.15) is 59.3 Å². The number of halogens is 2. The second-order valence-electron chi connectivity index (χ2n) is 4.75. The maximum atomic E-state index is 6.14. The molecule has 0 fully saturated rings. The normalized spacial score (nSPS) is 12.6. The van der Waals surface area contributed by atoms with Gasteiger partial charge in [-0.15, -0.1) is 0 Å². The van der Waals surface area contributed by atoms with E-state index in [-0.39, 0.29) is 0 Å². The molecule has 0 heterocycles. The van der Waals surface area contributed by atoms with E-state index in [2.05, 4.69) is 25.5 Å². The summed E-state index contributed by atoms with van der Waals surface area (Å²) in [5.74, 6) is 0. The molecule has 0 amide bonds. The number of hydrogen-bond donors (Lipinski definition) is 0. The topological polar surface area (TPSA) is 0 Å². The van der Waals surface area contributed by atoms with Crippen molar-refractivity contribution in [3.8, 4) is 0 Å². The number of rotatable bonds is 10. The van der Waals surface area contributed by atoms with E-state index in [9.17, 15) is 0 Å². The molecule has 0 saturated carbocycles. The molecule has 0 saturated heterocycles. The monoisotopic (exact) mass is 370 g/mol. The maximum absolute atomic E-state index is 6.14. The van der Waals surface area contributed by atoms with Crippen LogP contribution in [0.2, 0.25) is 0 Å². The predicted molar refractivity (Wildman–Crippen MR) is 77.4 cm³/mol. The van der Waals surface area contributed by atoms with Crippen LogP contribution in [0, 0.1) is 0 Å². The van der Waals surface area contributed by atoms with Gasteiger partial charge in [-0.05, 0) is 0 Å². The van der Waals surface area contributed by atoms with Crippen molar-refractivity contribution in [3.63, 3.8) is 0 Å². The Balaban J connectivity index is 4.70. The standard InChI is InChI=1S/C13H28N.2ClH.Ru/c1-5-8-11-14(4,12-9-6-2)13-10-7-3;;;/h4H,5-13H2,1-3H3;2*1H;/q+1;;;+2/p-2. The Labute approximate surface area is 121 Å². The molecule has 0 aliphatic rings. The zero-order chi connectivity index (χ0) is 13.1. The Bertz CT molecular complexity index is 194. The van der Waals surface area contributed by atoms with Crippen molar-refractivity contribution in [1.82, 2.24) is 0 Å². The van der Waals surface area contributed by atoms with Gasteiger partial charge in [0.1, 0.15) is 0 Å². The number of unbranched alkanes of at least 4 members (excludes halogenated alkanes) is 3. The second-order valence-corrected chi connectivity index (χ2v) is 10.4. The SMILES string of the molecule is CCCC[N+]([CH]=[Ru]([Cl])[Cl])(CCCC)CCCC. The van der Waals surface area contributed by atoms with Crippen molar-refractivity contribution in [3.05, 3.63) is 0 Å². The first kappa shape index (κ1) is 18.0. The van der Waals surface area contributed by atoms with Gasteiger partial charge >= 0.3 is 121 Å². The van der Waals surface area contributed by atoms with Crippen LogP contribution < -0.4 is 0 Å². The van der Waals surface area contributed by atoms with Crippen molar-refractivity contribution in [1.29, 1.82) is 0 Å². The molecule has 0 aromatic heterocycles. The van der Waals surface area contributed by atoms with Gasteiger partial charge in [0.15, 0.2) is 0 Å². The summed E-state index contributed by atoms with van der Waals surface area (Å²) < 4.78 is 3.36. The van der Waals surface area contributed by atoms with E-state index in [1.807, 2.05) is 0 Å². The Morgan fingerprint density at radius 3 is 1.41 bits per heavy atom. The summed E-state index contributed by atoms with van der Waals surface area (Å²) in [4.78, 5) is 0. The van der Waals surface area contributed by atoms with Crippen molar-refractivity contribution < 1.29 is 18.0 Å². The average molecular weight is 370 g/mol. The molecular formula is C13H28Cl2NRu+. The molecule has 0 unspecified atom stereocenters. The van der Waals surface area contributed by atoms with Gasteiger partial charge in [0.25, 0.3) is 0 Å². The van der Waals surface area contributed by atoms with Crippen LogP contribution in [-0.4, -0.2) is 28.9 Å². The molecule has 0 atom stereocenters. The fourth-order valence-corrected chi connectivity index (χ4v) is 5.16. The Kier molecular flexibility index (Phi) is 11.6. The van der Waals surface area contributed by atoms with Crippen LogP contribution in [0.4, 0.5) is 0 Å². The van der Waals surface area contributed by atoms with Crippen molar-refractivity contribution in [2.45, 2.75) is 59.3 Å². The van der Waals surface area contributed by atoms with E-state index < -0.39 is 13.5 Å². The zero-order valence-electron chi connectivity index (χ0n) is 11.5. The molecule has 0 aromatic rings. The summed E-state index contributed by atoms with van der Waals surface area (Å²) in [6, 6.07) is 0. The molecule has 0 aliphatic carbocycles. The Morgan fingerprint density at radius 1 is 0.824 bits per heavy atom. The third-order valence-corrected chi connectivity index (χ3v) is 5.24. The van der Waals surface area contributed by atoms with Gasteiger partial charge in [0, 0.05) is 0 Å². The fraction of sp³-hybridized carbons (Fsp3) is 0.923. The van der Waals surface area contributed by atoms with E-state index in [1.54, 1.807) is 0 Å². The molecule has 0 spiro atoms. The van der Waals surface area contributed by atoms with Crippen LogP contribution in [-0.2, 0) is 13.5 Å². The fourth-order valence-electron chi connectivity index (χ4n) is 2.04. The van der Waals surface area contributed by atoms with E-state index >= 15 is 0 Å². The zero-order valence-corrected chi connectivity index (χ0v) is 14.7. The van der Waals surface area contributed by atoms with Gasteiger partial charge in [-0.3, -0.25) is 0 Å². The summed E-state index contributed by atoms with van der Waals surface area (Å²) in [5, 5.41) is 0. The van der Waals surface area contributed by atoms with Gasteiger partial charge in [-0.1, -0.05) is 0 Å². The van der Waals surface area contributed by atoms with Gasteiger partial charge in [0.2, 0.25) is 0 Å². The first-order valence-electron chi connectivity index (χ1n) is 6.80. The van der Waals surface area contributed by atoms with Crippen LogP contribution in [0.15, 0.2) is 0 Å². The predicted octanol–water partition coefficient (Wildman–Crippen LogP) is 4.89. The molecule has 0 radical (unpaired) electrons. The minimum absolute atomic E-state index is 1.07. The van der Waals surface area contributed by atoms with Crippen LogP contribution >= 0.6 is 19.4 Å². The van der Waals surface area contributed by atoms with E-state index in [0.717, 1.165) is 4.48 Å². The van der Waals surface area contributed by atoms with Crippen LogP contribution in [0.5, 0.6) is 0 Å². The molecule has 4 heteroatoms. The molecule has 0 aliphatic heterocycles. The molecule has 1 nitrogen and oxygen atoms in total. The molecule has 17 heavy (non-hydrogen) atoms. The van der Waals surface area contributed by atoms with E-state index in [4.69, 9.17) is 19.4 Å². The van der Waals surface area contributed by atoms with E-state index in [1.165, 1.54) is 58.2 Å². The molecule has 106 valence electrons. The third kappa shape index (κ3) is 8.70. The first-order chi connectivity index (χ1) is 8.10. The third-order valence-electron chi connectivity index (χ3n) is 3.13. The number of nitrogens with zero attached hydrogens (tertiary/aromatic N) is 1. The van der Waals surface area contributed by atoms with E-state index in [0.29, 0.717) is 0 Å². The van der Waals surface area contributed by atoms with Crippen LogP contribution in [0.3, 0.4) is 0 Å². The van der Waals surface area contributed by atoms with Crippen molar-refractivity contribution in [2.24, 2.45) is 0 Å².